The van der Waals surface area contributed by atoms with Crippen molar-refractivity contribution in [3.8, 4) is 0 Å². The van der Waals surface area contributed by atoms with E-state index in [1.807, 2.05) is 0 Å². The van der Waals surface area contributed by atoms with Crippen LogP contribution in [0, 0.1) is 13.8 Å². The molecule has 0 spiro atoms. The summed E-state index contributed by atoms with van der Waals surface area (Å²) in [5.41, 5.74) is 7.58. The third kappa shape index (κ3) is 2.14. The molecule has 0 fully saturated rings. The fourth-order valence-corrected chi connectivity index (χ4v) is 3.30. The predicted molar refractivity (Wildman–Crippen MR) is 85.3 cm³/mol. The molecule has 106 valence electrons. The van der Waals surface area contributed by atoms with Crippen molar-refractivity contribution < 1.29 is 0 Å². The molecule has 3 heteroatoms. The monoisotopic (exact) mass is 277 g/mol. The number of aryl methyl sites for hydroxylation is 2. The summed E-state index contributed by atoms with van der Waals surface area (Å²) in [6.07, 6.45) is 0.994. The summed E-state index contributed by atoms with van der Waals surface area (Å²) in [5, 5.41) is 3.59. The second kappa shape index (κ2) is 4.71. The van der Waals surface area contributed by atoms with Gasteiger partial charge in [0.1, 0.15) is 5.82 Å². The third-order valence-corrected chi connectivity index (χ3v) is 4.35. The van der Waals surface area contributed by atoms with Crippen LogP contribution in [-0.4, -0.2) is 9.97 Å². The second-order valence-electron chi connectivity index (χ2n) is 6.01. The topological polar surface area (TPSA) is 40.7 Å². The van der Waals surface area contributed by atoms with Crippen LogP contribution in [0.3, 0.4) is 0 Å². The maximum Gasteiger partial charge on any atom is 0.124 e. The van der Waals surface area contributed by atoms with Crippen LogP contribution in [0.5, 0.6) is 0 Å². The van der Waals surface area contributed by atoms with Crippen LogP contribution in [0.25, 0.3) is 11.0 Å². The van der Waals surface area contributed by atoms with Gasteiger partial charge in [0, 0.05) is 6.54 Å². The van der Waals surface area contributed by atoms with Crippen LogP contribution in [0.4, 0.5) is 0 Å². The lowest BCUT2D eigenvalue weighted by Crippen LogP contribution is -2.29. The Hall–Kier alpha value is -2.13. The summed E-state index contributed by atoms with van der Waals surface area (Å²) in [7, 11) is 0. The van der Waals surface area contributed by atoms with E-state index in [9.17, 15) is 0 Å². The van der Waals surface area contributed by atoms with Crippen LogP contribution in [0.1, 0.15) is 34.1 Å². The number of nitrogens with zero attached hydrogens (tertiary/aromatic N) is 1. The van der Waals surface area contributed by atoms with Crippen molar-refractivity contribution in [3.05, 3.63) is 64.5 Å². The Labute approximate surface area is 124 Å². The first kappa shape index (κ1) is 12.6. The van der Waals surface area contributed by atoms with Gasteiger partial charge in [-0.1, -0.05) is 30.3 Å². The molecule has 1 aliphatic rings. The van der Waals surface area contributed by atoms with Crippen molar-refractivity contribution in [2.24, 2.45) is 0 Å². The maximum absolute atomic E-state index is 4.83. The van der Waals surface area contributed by atoms with Crippen LogP contribution in [0.15, 0.2) is 36.4 Å². The van der Waals surface area contributed by atoms with E-state index in [1.54, 1.807) is 0 Å². The van der Waals surface area contributed by atoms with Gasteiger partial charge < -0.3 is 10.3 Å². The normalized spacial score (nSPS) is 17.9. The molecule has 2 aromatic carbocycles. The highest BCUT2D eigenvalue weighted by molar-refractivity contribution is 5.79. The van der Waals surface area contributed by atoms with Crippen molar-refractivity contribution in [3.63, 3.8) is 0 Å². The molecular formula is C18H19N3. The van der Waals surface area contributed by atoms with Gasteiger partial charge in [-0.2, -0.15) is 0 Å². The molecule has 0 saturated carbocycles. The van der Waals surface area contributed by atoms with Gasteiger partial charge >= 0.3 is 0 Å². The van der Waals surface area contributed by atoms with Gasteiger partial charge in [-0.15, -0.1) is 0 Å². The molecule has 1 atom stereocenters. The zero-order chi connectivity index (χ0) is 14.4. The molecule has 1 unspecified atom stereocenters. The largest absolute Gasteiger partial charge is 0.341 e. The Morgan fingerprint density at radius 1 is 1.10 bits per heavy atom. The lowest BCUT2D eigenvalue weighted by atomic mass is 9.96. The van der Waals surface area contributed by atoms with Crippen molar-refractivity contribution in [1.29, 1.82) is 0 Å². The molecular weight excluding hydrogens is 258 g/mol. The van der Waals surface area contributed by atoms with Crippen molar-refractivity contribution in [1.82, 2.24) is 15.3 Å². The van der Waals surface area contributed by atoms with Crippen LogP contribution in [0.2, 0.25) is 0 Å². The number of imidazole rings is 1. The first-order valence-electron chi connectivity index (χ1n) is 7.48. The van der Waals surface area contributed by atoms with Gasteiger partial charge in [-0.05, 0) is 48.6 Å². The zero-order valence-corrected chi connectivity index (χ0v) is 12.4. The fourth-order valence-electron chi connectivity index (χ4n) is 3.30. The molecule has 0 bridgehead atoms. The summed E-state index contributed by atoms with van der Waals surface area (Å²) in [6, 6.07) is 13.3. The molecule has 2 N–H and O–H groups in total. The molecule has 0 amide bonds. The van der Waals surface area contributed by atoms with E-state index in [1.165, 1.54) is 22.3 Å². The summed E-state index contributed by atoms with van der Waals surface area (Å²) in [4.78, 5) is 8.34. The summed E-state index contributed by atoms with van der Waals surface area (Å²) in [6.45, 7) is 5.17. The van der Waals surface area contributed by atoms with E-state index in [0.717, 1.165) is 29.8 Å². The van der Waals surface area contributed by atoms with Crippen LogP contribution < -0.4 is 5.32 Å². The fraction of sp³-hybridized carbons (Fsp3) is 0.278. The molecule has 21 heavy (non-hydrogen) atoms. The highest BCUT2D eigenvalue weighted by atomic mass is 15.0. The number of fused-ring (bicyclic) bond motifs is 2. The number of H-pyrrole nitrogens is 1. The highest BCUT2D eigenvalue weighted by Crippen LogP contribution is 2.27. The first-order valence-corrected chi connectivity index (χ1v) is 7.48. The Morgan fingerprint density at radius 2 is 1.90 bits per heavy atom. The number of hydrogen-bond acceptors (Lipinski definition) is 2. The van der Waals surface area contributed by atoms with Crippen LogP contribution in [-0.2, 0) is 13.0 Å². The van der Waals surface area contributed by atoms with Crippen molar-refractivity contribution in [2.75, 3.05) is 0 Å². The number of nitrogens with one attached hydrogen (secondary N) is 2. The maximum atomic E-state index is 4.83. The zero-order valence-electron chi connectivity index (χ0n) is 12.4. The van der Waals surface area contributed by atoms with Crippen molar-refractivity contribution in [2.45, 2.75) is 32.9 Å². The molecule has 2 heterocycles. The Morgan fingerprint density at radius 3 is 2.76 bits per heavy atom. The van der Waals surface area contributed by atoms with Gasteiger partial charge in [0.2, 0.25) is 0 Å². The lowest BCUT2D eigenvalue weighted by Gasteiger charge is -2.24. The molecule has 0 saturated heterocycles. The molecule has 0 radical (unpaired) electrons. The van der Waals surface area contributed by atoms with Gasteiger partial charge in [-0.25, -0.2) is 4.98 Å². The van der Waals surface area contributed by atoms with E-state index in [2.05, 4.69) is 60.5 Å². The predicted octanol–water partition coefficient (Wildman–Crippen LogP) is 3.57. The van der Waals surface area contributed by atoms with Gasteiger partial charge in [0.05, 0.1) is 17.1 Å². The summed E-state index contributed by atoms with van der Waals surface area (Å²) in [5.74, 6) is 1.05. The number of benzene rings is 2. The minimum Gasteiger partial charge on any atom is -0.341 e. The average Bonchev–Trinajstić information content (AvgIpc) is 2.91. The number of aromatic amines is 1. The number of rotatable bonds is 1. The molecule has 4 rings (SSSR count). The molecule has 1 aliphatic heterocycles. The first-order chi connectivity index (χ1) is 10.2. The highest BCUT2D eigenvalue weighted by Gasteiger charge is 2.22. The quantitative estimate of drug-likeness (QED) is 0.714. The van der Waals surface area contributed by atoms with Gasteiger partial charge in [0.25, 0.3) is 0 Å². The van der Waals surface area contributed by atoms with E-state index >= 15 is 0 Å². The van der Waals surface area contributed by atoms with Gasteiger partial charge in [-0.3, -0.25) is 0 Å². The number of aromatic nitrogens is 2. The smallest absolute Gasteiger partial charge is 0.124 e. The van der Waals surface area contributed by atoms with E-state index in [0.29, 0.717) is 0 Å². The van der Waals surface area contributed by atoms with E-state index in [-0.39, 0.29) is 6.04 Å². The van der Waals surface area contributed by atoms with Gasteiger partial charge in [0.15, 0.2) is 0 Å². The van der Waals surface area contributed by atoms with Crippen LogP contribution >= 0.6 is 0 Å². The van der Waals surface area contributed by atoms with E-state index in [4.69, 9.17) is 4.98 Å². The summed E-state index contributed by atoms with van der Waals surface area (Å²) < 4.78 is 0. The Kier molecular flexibility index (Phi) is 2.82. The Bertz CT molecular complexity index is 816. The van der Waals surface area contributed by atoms with E-state index < -0.39 is 0 Å². The molecule has 3 nitrogen and oxygen atoms in total. The minimum atomic E-state index is 0.270. The average molecular weight is 277 g/mol. The minimum absolute atomic E-state index is 0.270. The van der Waals surface area contributed by atoms with Crippen molar-refractivity contribution >= 4 is 11.0 Å². The molecule has 3 aromatic rings. The molecule has 1 aromatic heterocycles. The lowest BCUT2D eigenvalue weighted by molar-refractivity contribution is 0.481. The SMILES string of the molecule is Cc1cc(C)c2nc(C3Cc4ccccc4CN3)[nH]c2c1. The number of hydrogen-bond donors (Lipinski definition) is 2. The second-order valence-corrected chi connectivity index (χ2v) is 6.01. The third-order valence-electron chi connectivity index (χ3n) is 4.35. The summed E-state index contributed by atoms with van der Waals surface area (Å²) >= 11 is 0. The standard InChI is InChI=1S/C18H19N3/c1-11-7-12(2)17-15(8-11)20-18(21-17)16-9-13-5-3-4-6-14(13)10-19-16/h3-8,16,19H,9-10H2,1-2H3,(H,20,21). The Balaban J connectivity index is 1.73. The molecule has 0 aliphatic carbocycles.